The third-order valence-corrected chi connectivity index (χ3v) is 8.31. The van der Waals surface area contributed by atoms with Gasteiger partial charge in [-0.2, -0.15) is 0 Å². The molecule has 1 N–H and O–H groups in total. The highest BCUT2D eigenvalue weighted by Crippen LogP contribution is 2.60. The highest BCUT2D eigenvalue weighted by atomic mass is 16.2. The molecule has 6 rings (SSSR count). The van der Waals surface area contributed by atoms with Crippen molar-refractivity contribution in [3.8, 4) is 0 Å². The van der Waals surface area contributed by atoms with Gasteiger partial charge in [-0.1, -0.05) is 6.42 Å². The lowest BCUT2D eigenvalue weighted by molar-refractivity contribution is -0.147. The van der Waals surface area contributed by atoms with E-state index in [9.17, 15) is 4.79 Å². The number of hydrogen-bond donors (Lipinski definition) is 1. The van der Waals surface area contributed by atoms with Crippen molar-refractivity contribution < 1.29 is 4.79 Å². The van der Waals surface area contributed by atoms with Crippen LogP contribution in [0.2, 0.25) is 0 Å². The third-order valence-electron chi connectivity index (χ3n) is 8.31. The van der Waals surface area contributed by atoms with Crippen molar-refractivity contribution in [3.05, 3.63) is 0 Å². The molecule has 6 saturated carbocycles. The summed E-state index contributed by atoms with van der Waals surface area (Å²) in [5.41, 5.74) is 0.0423. The van der Waals surface area contributed by atoms with Crippen LogP contribution in [-0.2, 0) is 4.79 Å². The number of amides is 1. The van der Waals surface area contributed by atoms with Crippen molar-refractivity contribution in [1.29, 1.82) is 0 Å². The molecule has 2 nitrogen and oxygen atoms in total. The van der Waals surface area contributed by atoms with E-state index >= 15 is 0 Å². The number of carbonyl (C=O) groups is 1. The van der Waals surface area contributed by atoms with Gasteiger partial charge in [0.05, 0.1) is 0 Å². The number of carbonyl (C=O) groups excluding carboxylic acids is 1. The van der Waals surface area contributed by atoms with E-state index in [1.807, 2.05) is 0 Å². The first-order valence-electron chi connectivity index (χ1n) is 9.92. The molecule has 0 unspecified atom stereocenters. The Morgan fingerprint density at radius 1 is 0.909 bits per heavy atom. The van der Waals surface area contributed by atoms with Gasteiger partial charge in [0.1, 0.15) is 0 Å². The molecule has 22 heavy (non-hydrogen) atoms. The summed E-state index contributed by atoms with van der Waals surface area (Å²) in [6.07, 6.45) is 13.6. The van der Waals surface area contributed by atoms with Gasteiger partial charge in [0.15, 0.2) is 0 Å². The molecule has 0 aromatic heterocycles. The van der Waals surface area contributed by atoms with Gasteiger partial charge in [-0.05, 0) is 100 Å². The van der Waals surface area contributed by atoms with Crippen LogP contribution in [0.25, 0.3) is 0 Å². The minimum Gasteiger partial charge on any atom is -0.353 e. The van der Waals surface area contributed by atoms with Crippen LogP contribution in [0.4, 0.5) is 0 Å². The maximum atomic E-state index is 13.2. The number of nitrogens with one attached hydrogen (secondary N) is 1. The molecule has 0 spiro atoms. The molecule has 6 bridgehead atoms. The zero-order valence-corrected chi connectivity index (χ0v) is 14.0. The molecule has 122 valence electrons. The molecular weight excluding hydrogens is 270 g/mol. The molecule has 6 fully saturated rings. The molecule has 0 saturated heterocycles. The van der Waals surface area contributed by atoms with Crippen molar-refractivity contribution in [2.75, 3.05) is 0 Å². The minimum absolute atomic E-state index is 0.0423. The van der Waals surface area contributed by atoms with Crippen LogP contribution in [-0.4, -0.2) is 11.9 Å². The maximum absolute atomic E-state index is 13.2. The number of hydrogen-bond acceptors (Lipinski definition) is 1. The van der Waals surface area contributed by atoms with E-state index in [1.54, 1.807) is 0 Å². The average Bonchev–Trinajstić information content (AvgIpc) is 3.08. The summed E-state index contributed by atoms with van der Waals surface area (Å²) in [4.78, 5) is 13.2. The van der Waals surface area contributed by atoms with Crippen LogP contribution in [0.1, 0.15) is 71.1 Å². The van der Waals surface area contributed by atoms with Crippen molar-refractivity contribution in [3.63, 3.8) is 0 Å². The summed E-state index contributed by atoms with van der Waals surface area (Å²) in [6.45, 7) is 2.30. The Labute approximate surface area is 134 Å². The topological polar surface area (TPSA) is 29.1 Å². The van der Waals surface area contributed by atoms with E-state index in [4.69, 9.17) is 0 Å². The Balaban J connectivity index is 1.29. The highest BCUT2D eigenvalue weighted by Gasteiger charge is 2.55. The van der Waals surface area contributed by atoms with Crippen molar-refractivity contribution in [1.82, 2.24) is 5.32 Å². The molecule has 2 heteroatoms. The van der Waals surface area contributed by atoms with E-state index in [1.165, 1.54) is 64.2 Å². The molecule has 6 aliphatic rings. The second-order valence-corrected chi connectivity index (χ2v) is 9.80. The number of rotatable bonds is 3. The molecule has 0 aromatic rings. The highest BCUT2D eigenvalue weighted by molar-refractivity contribution is 5.83. The molecule has 4 atom stereocenters. The van der Waals surface area contributed by atoms with Crippen molar-refractivity contribution in [2.24, 2.45) is 40.9 Å². The summed E-state index contributed by atoms with van der Waals surface area (Å²) in [6, 6.07) is 0.413. The van der Waals surface area contributed by atoms with E-state index in [0.717, 1.165) is 35.5 Å². The van der Waals surface area contributed by atoms with Crippen molar-refractivity contribution in [2.45, 2.75) is 77.2 Å². The zero-order chi connectivity index (χ0) is 14.9. The van der Waals surface area contributed by atoms with Gasteiger partial charge >= 0.3 is 0 Å². The largest absolute Gasteiger partial charge is 0.353 e. The average molecular weight is 301 g/mol. The predicted octanol–water partition coefficient (Wildman–Crippen LogP) is 4.14. The standard InChI is InChI=1S/C20H31NO/c1-12(18-8-13-2-3-17(18)7-13)21-19(22)20-9-14-4-15(10-20)6-16(5-14)11-20/h12-18H,2-11H2,1H3,(H,21,22)/t12-,13+,14?,15?,16?,17+,18-,20?/m0/s1. The van der Waals surface area contributed by atoms with Crippen LogP contribution in [0, 0.1) is 40.9 Å². The van der Waals surface area contributed by atoms with Crippen LogP contribution in [0.5, 0.6) is 0 Å². The summed E-state index contributed by atoms with van der Waals surface area (Å²) in [7, 11) is 0. The van der Waals surface area contributed by atoms with Crippen LogP contribution < -0.4 is 5.32 Å². The van der Waals surface area contributed by atoms with Crippen LogP contribution >= 0.6 is 0 Å². The fourth-order valence-electron chi connectivity index (χ4n) is 7.76. The first kappa shape index (κ1) is 13.9. The van der Waals surface area contributed by atoms with E-state index < -0.39 is 0 Å². The molecular formula is C20H31NO. The quantitative estimate of drug-likeness (QED) is 0.834. The Kier molecular flexibility index (Phi) is 2.99. The number of fused-ring (bicyclic) bond motifs is 2. The third kappa shape index (κ3) is 2.01. The van der Waals surface area contributed by atoms with E-state index in [0.29, 0.717) is 11.9 Å². The molecule has 0 radical (unpaired) electrons. The molecule has 0 heterocycles. The van der Waals surface area contributed by atoms with Gasteiger partial charge in [0.25, 0.3) is 0 Å². The monoisotopic (exact) mass is 301 g/mol. The fraction of sp³-hybridized carbons (Fsp3) is 0.950. The lowest BCUT2D eigenvalue weighted by Gasteiger charge is -2.56. The Hall–Kier alpha value is -0.530. The smallest absolute Gasteiger partial charge is 0.226 e. The lowest BCUT2D eigenvalue weighted by atomic mass is 9.49. The first-order chi connectivity index (χ1) is 10.6. The maximum Gasteiger partial charge on any atom is 0.226 e. The van der Waals surface area contributed by atoms with Gasteiger partial charge in [-0.15, -0.1) is 0 Å². The van der Waals surface area contributed by atoms with Gasteiger partial charge in [0.2, 0.25) is 5.91 Å². The van der Waals surface area contributed by atoms with Gasteiger partial charge < -0.3 is 5.32 Å². The van der Waals surface area contributed by atoms with E-state index in [-0.39, 0.29) is 5.41 Å². The molecule has 6 aliphatic carbocycles. The van der Waals surface area contributed by atoms with Crippen LogP contribution in [0.15, 0.2) is 0 Å². The van der Waals surface area contributed by atoms with Gasteiger partial charge in [0, 0.05) is 11.5 Å². The normalized spacial score (nSPS) is 53.0. The predicted molar refractivity (Wildman–Crippen MR) is 87.1 cm³/mol. The van der Waals surface area contributed by atoms with Gasteiger partial charge in [-0.3, -0.25) is 4.79 Å². The summed E-state index contributed by atoms with van der Waals surface area (Å²) in [5.74, 6) is 5.73. The Morgan fingerprint density at radius 2 is 1.55 bits per heavy atom. The molecule has 0 aromatic carbocycles. The molecule has 0 aliphatic heterocycles. The molecule has 1 amide bonds. The zero-order valence-electron chi connectivity index (χ0n) is 14.0. The van der Waals surface area contributed by atoms with Gasteiger partial charge in [-0.25, -0.2) is 0 Å². The second-order valence-electron chi connectivity index (χ2n) is 9.80. The summed E-state index contributed by atoms with van der Waals surface area (Å²) in [5, 5.41) is 3.52. The minimum atomic E-state index is 0.0423. The lowest BCUT2D eigenvalue weighted by Crippen LogP contribution is -2.55. The SMILES string of the molecule is C[C@H](NC(=O)C12CC3CC(CC(C3)C1)C2)[C@@H]1C[C@@H]2CC[C@@H]1C2. The second kappa shape index (κ2) is 4.74. The summed E-state index contributed by atoms with van der Waals surface area (Å²) < 4.78 is 0. The van der Waals surface area contributed by atoms with E-state index in [2.05, 4.69) is 12.2 Å². The first-order valence-corrected chi connectivity index (χ1v) is 9.92. The van der Waals surface area contributed by atoms with Crippen molar-refractivity contribution >= 4 is 5.91 Å². The Bertz CT molecular complexity index is 449. The fourth-order valence-corrected chi connectivity index (χ4v) is 7.76. The Morgan fingerprint density at radius 3 is 2.05 bits per heavy atom. The summed E-state index contributed by atoms with van der Waals surface area (Å²) >= 11 is 0. The van der Waals surface area contributed by atoms with Crippen LogP contribution in [0.3, 0.4) is 0 Å².